The standard InChI is InChI=1S/C12H14F3N3OS/c1-11(2,10(17)19)18-6-3-4-8(12(13,14)15)7(5-6)9(16)20/h3-5,18H,1-2H3,(H2,16,20)(H2,17,19). The number of anilines is 1. The summed E-state index contributed by atoms with van der Waals surface area (Å²) in [5.74, 6) is -0.644. The number of hydrogen-bond donors (Lipinski definition) is 3. The average molecular weight is 305 g/mol. The Kier molecular flexibility index (Phi) is 4.28. The monoisotopic (exact) mass is 305 g/mol. The van der Waals surface area contributed by atoms with Gasteiger partial charge in [0.15, 0.2) is 0 Å². The molecule has 0 radical (unpaired) electrons. The summed E-state index contributed by atoms with van der Waals surface area (Å²) in [7, 11) is 0. The van der Waals surface area contributed by atoms with Gasteiger partial charge in [0.05, 0.1) is 5.56 Å². The Labute approximate surface area is 119 Å². The van der Waals surface area contributed by atoms with E-state index in [1.165, 1.54) is 19.9 Å². The molecule has 8 heteroatoms. The van der Waals surface area contributed by atoms with E-state index in [9.17, 15) is 18.0 Å². The lowest BCUT2D eigenvalue weighted by molar-refractivity contribution is -0.137. The minimum Gasteiger partial charge on any atom is -0.389 e. The van der Waals surface area contributed by atoms with E-state index in [1.54, 1.807) is 0 Å². The van der Waals surface area contributed by atoms with Crippen LogP contribution < -0.4 is 16.8 Å². The number of primary amides is 1. The van der Waals surface area contributed by atoms with Crippen molar-refractivity contribution in [1.82, 2.24) is 0 Å². The van der Waals surface area contributed by atoms with Crippen molar-refractivity contribution in [2.45, 2.75) is 25.6 Å². The Bertz CT molecular complexity index is 555. The first kappa shape index (κ1) is 16.2. The highest BCUT2D eigenvalue weighted by atomic mass is 32.1. The molecule has 5 N–H and O–H groups in total. The molecule has 0 unspecified atom stereocenters. The number of carbonyl (C=O) groups is 1. The third kappa shape index (κ3) is 3.60. The van der Waals surface area contributed by atoms with Crippen molar-refractivity contribution in [2.24, 2.45) is 11.5 Å². The van der Waals surface area contributed by atoms with Crippen LogP contribution in [0.3, 0.4) is 0 Å². The molecule has 0 aliphatic rings. The second-order valence-electron chi connectivity index (χ2n) is 4.74. The van der Waals surface area contributed by atoms with Crippen molar-refractivity contribution in [3.63, 3.8) is 0 Å². The predicted octanol–water partition coefficient (Wildman–Crippen LogP) is 2.02. The van der Waals surface area contributed by atoms with Gasteiger partial charge in [0.1, 0.15) is 10.5 Å². The van der Waals surface area contributed by atoms with E-state index in [-0.39, 0.29) is 16.2 Å². The molecule has 4 nitrogen and oxygen atoms in total. The first-order chi connectivity index (χ1) is 8.95. The zero-order valence-corrected chi connectivity index (χ0v) is 11.7. The van der Waals surface area contributed by atoms with E-state index in [0.717, 1.165) is 12.1 Å². The Morgan fingerprint density at radius 2 is 1.80 bits per heavy atom. The second-order valence-corrected chi connectivity index (χ2v) is 5.18. The van der Waals surface area contributed by atoms with Crippen LogP contribution in [0.15, 0.2) is 18.2 Å². The summed E-state index contributed by atoms with van der Waals surface area (Å²) in [4.78, 5) is 10.8. The smallest absolute Gasteiger partial charge is 0.389 e. The zero-order chi connectivity index (χ0) is 15.7. The third-order valence-electron chi connectivity index (χ3n) is 2.66. The van der Waals surface area contributed by atoms with Crippen LogP contribution in [-0.2, 0) is 11.0 Å². The van der Waals surface area contributed by atoms with Crippen molar-refractivity contribution in [2.75, 3.05) is 5.32 Å². The van der Waals surface area contributed by atoms with Crippen LogP contribution in [0.2, 0.25) is 0 Å². The molecule has 0 aliphatic heterocycles. The van der Waals surface area contributed by atoms with Crippen molar-refractivity contribution in [1.29, 1.82) is 0 Å². The number of halogens is 3. The Balaban J connectivity index is 3.25. The van der Waals surface area contributed by atoms with Gasteiger partial charge in [-0.15, -0.1) is 0 Å². The van der Waals surface area contributed by atoms with E-state index in [2.05, 4.69) is 17.5 Å². The Morgan fingerprint density at radius 1 is 1.25 bits per heavy atom. The summed E-state index contributed by atoms with van der Waals surface area (Å²) in [5, 5.41) is 2.73. The fraction of sp³-hybridized carbons (Fsp3) is 0.333. The van der Waals surface area contributed by atoms with E-state index < -0.39 is 23.2 Å². The predicted molar refractivity (Wildman–Crippen MR) is 74.2 cm³/mol. The molecule has 0 atom stereocenters. The lowest BCUT2D eigenvalue weighted by Gasteiger charge is -2.24. The zero-order valence-electron chi connectivity index (χ0n) is 10.8. The molecule has 0 aliphatic carbocycles. The molecule has 0 aromatic heterocycles. The first-order valence-corrected chi connectivity index (χ1v) is 5.95. The van der Waals surface area contributed by atoms with Crippen LogP contribution in [0.4, 0.5) is 18.9 Å². The highest BCUT2D eigenvalue weighted by Crippen LogP contribution is 2.33. The van der Waals surface area contributed by atoms with Crippen LogP contribution in [0.5, 0.6) is 0 Å². The van der Waals surface area contributed by atoms with Gasteiger partial charge < -0.3 is 16.8 Å². The highest BCUT2D eigenvalue weighted by Gasteiger charge is 2.34. The van der Waals surface area contributed by atoms with E-state index in [4.69, 9.17) is 11.5 Å². The number of nitrogens with two attached hydrogens (primary N) is 2. The quantitative estimate of drug-likeness (QED) is 0.743. The van der Waals surface area contributed by atoms with Crippen molar-refractivity contribution >= 4 is 28.8 Å². The van der Waals surface area contributed by atoms with Gasteiger partial charge in [-0.2, -0.15) is 13.2 Å². The summed E-state index contributed by atoms with van der Waals surface area (Å²) in [6.45, 7) is 3.01. The minimum absolute atomic E-state index is 0.268. The fourth-order valence-electron chi connectivity index (χ4n) is 1.50. The summed E-state index contributed by atoms with van der Waals surface area (Å²) < 4.78 is 38.4. The number of hydrogen-bond acceptors (Lipinski definition) is 3. The third-order valence-corrected chi connectivity index (χ3v) is 2.88. The molecular formula is C12H14F3N3OS. The van der Waals surface area contributed by atoms with E-state index in [1.807, 2.05) is 0 Å². The number of carbonyl (C=O) groups excluding carboxylic acids is 1. The summed E-state index contributed by atoms with van der Waals surface area (Å²) >= 11 is 4.63. The van der Waals surface area contributed by atoms with Crippen LogP contribution in [0, 0.1) is 0 Å². The SMILES string of the molecule is CC(C)(Nc1ccc(C(F)(F)F)c(C(N)=S)c1)C(N)=O. The van der Waals surface area contributed by atoms with Gasteiger partial charge >= 0.3 is 6.18 Å². The Morgan fingerprint density at radius 3 is 2.20 bits per heavy atom. The summed E-state index contributed by atoms with van der Waals surface area (Å²) in [5.41, 5.74) is 8.42. The van der Waals surface area contributed by atoms with Crippen LogP contribution in [0.25, 0.3) is 0 Å². The van der Waals surface area contributed by atoms with E-state index >= 15 is 0 Å². The molecule has 1 aromatic rings. The first-order valence-electron chi connectivity index (χ1n) is 5.54. The highest BCUT2D eigenvalue weighted by molar-refractivity contribution is 7.80. The van der Waals surface area contributed by atoms with Crippen LogP contribution in [0.1, 0.15) is 25.0 Å². The molecule has 0 bridgehead atoms. The van der Waals surface area contributed by atoms with Gasteiger partial charge in [0, 0.05) is 11.3 Å². The lowest BCUT2D eigenvalue weighted by atomic mass is 10.0. The maximum atomic E-state index is 12.8. The van der Waals surface area contributed by atoms with Crippen LogP contribution >= 0.6 is 12.2 Å². The number of amides is 1. The molecule has 0 saturated carbocycles. The van der Waals surface area contributed by atoms with E-state index in [0.29, 0.717) is 0 Å². The number of alkyl halides is 3. The average Bonchev–Trinajstić information content (AvgIpc) is 2.26. The molecule has 110 valence electrons. The largest absolute Gasteiger partial charge is 0.417 e. The summed E-state index contributed by atoms with van der Waals surface area (Å²) in [6, 6.07) is 3.19. The molecule has 0 fully saturated rings. The van der Waals surface area contributed by atoms with Crippen molar-refractivity contribution < 1.29 is 18.0 Å². The van der Waals surface area contributed by atoms with Gasteiger partial charge in [-0.1, -0.05) is 12.2 Å². The second kappa shape index (κ2) is 5.28. The van der Waals surface area contributed by atoms with Gasteiger partial charge in [-0.05, 0) is 32.0 Å². The molecule has 1 rings (SSSR count). The molecule has 0 heterocycles. The lowest BCUT2D eigenvalue weighted by Crippen LogP contribution is -2.45. The summed E-state index contributed by atoms with van der Waals surface area (Å²) in [6.07, 6.45) is -4.56. The molecule has 0 spiro atoms. The topological polar surface area (TPSA) is 81.1 Å². The molecule has 1 amide bonds. The van der Waals surface area contributed by atoms with Crippen molar-refractivity contribution in [3.8, 4) is 0 Å². The molecular weight excluding hydrogens is 291 g/mol. The van der Waals surface area contributed by atoms with Gasteiger partial charge in [-0.25, -0.2) is 0 Å². The fourth-order valence-corrected chi connectivity index (χ4v) is 1.66. The van der Waals surface area contributed by atoms with Gasteiger partial charge in [0.25, 0.3) is 0 Å². The molecule has 20 heavy (non-hydrogen) atoms. The number of nitrogens with one attached hydrogen (secondary N) is 1. The minimum atomic E-state index is -4.56. The maximum absolute atomic E-state index is 12.8. The number of rotatable bonds is 4. The number of benzene rings is 1. The molecule has 1 aromatic carbocycles. The normalized spacial score (nSPS) is 12.1. The maximum Gasteiger partial charge on any atom is 0.417 e. The number of thiocarbonyl (C=S) groups is 1. The van der Waals surface area contributed by atoms with Crippen LogP contribution in [-0.4, -0.2) is 16.4 Å². The van der Waals surface area contributed by atoms with Crippen molar-refractivity contribution in [3.05, 3.63) is 29.3 Å². The molecule has 0 saturated heterocycles. The van der Waals surface area contributed by atoms with Gasteiger partial charge in [-0.3, -0.25) is 4.79 Å². The Hall–Kier alpha value is -1.83. The van der Waals surface area contributed by atoms with Gasteiger partial charge in [0.2, 0.25) is 5.91 Å².